The van der Waals surface area contributed by atoms with Gasteiger partial charge in [-0.05, 0) is 44.7 Å². The van der Waals surface area contributed by atoms with Crippen LogP contribution in [0, 0.1) is 5.92 Å². The summed E-state index contributed by atoms with van der Waals surface area (Å²) in [5.74, 6) is 0.596. The maximum atomic E-state index is 10.7. The van der Waals surface area contributed by atoms with Crippen LogP contribution in [0.4, 0.5) is 0 Å². The zero-order valence-electron chi connectivity index (χ0n) is 10.9. The van der Waals surface area contributed by atoms with Gasteiger partial charge in [0.25, 0.3) is 0 Å². The Labute approximate surface area is 100 Å². The lowest BCUT2D eigenvalue weighted by Crippen LogP contribution is -2.58. The van der Waals surface area contributed by atoms with E-state index in [1.807, 2.05) is 0 Å². The van der Waals surface area contributed by atoms with E-state index in [-0.39, 0.29) is 11.6 Å². The van der Waals surface area contributed by atoms with E-state index in [1.165, 1.54) is 44.9 Å². The lowest BCUT2D eigenvalue weighted by Gasteiger charge is -2.48. The number of aliphatic hydroxyl groups is 1. The van der Waals surface area contributed by atoms with Crippen molar-refractivity contribution in [1.82, 2.24) is 4.90 Å². The maximum Gasteiger partial charge on any atom is 0.0751 e. The fourth-order valence-corrected chi connectivity index (χ4v) is 3.83. The Kier molecular flexibility index (Phi) is 3.91. The van der Waals surface area contributed by atoms with Crippen LogP contribution in [0.25, 0.3) is 0 Å². The molecule has 2 aliphatic rings. The average molecular weight is 225 g/mol. The number of aliphatic hydroxyl groups excluding tert-OH is 1. The SMILES string of the molecule is CCN(CC)C1(C(O)C2CCC2)CCCC1. The molecule has 0 spiro atoms. The zero-order chi connectivity index (χ0) is 11.6. The molecule has 0 radical (unpaired) electrons. The Bertz CT molecular complexity index is 215. The van der Waals surface area contributed by atoms with Crippen molar-refractivity contribution in [2.45, 2.75) is 70.4 Å². The predicted molar refractivity (Wildman–Crippen MR) is 67.5 cm³/mol. The van der Waals surface area contributed by atoms with Crippen LogP contribution in [-0.2, 0) is 0 Å². The third-order valence-electron chi connectivity index (χ3n) is 5.01. The van der Waals surface area contributed by atoms with Gasteiger partial charge in [-0.25, -0.2) is 0 Å². The van der Waals surface area contributed by atoms with Crippen molar-refractivity contribution < 1.29 is 5.11 Å². The summed E-state index contributed by atoms with van der Waals surface area (Å²) in [6, 6.07) is 0. The van der Waals surface area contributed by atoms with Gasteiger partial charge in [-0.1, -0.05) is 33.1 Å². The zero-order valence-corrected chi connectivity index (χ0v) is 10.9. The van der Waals surface area contributed by atoms with Gasteiger partial charge in [0.2, 0.25) is 0 Å². The number of nitrogens with zero attached hydrogens (tertiary/aromatic N) is 1. The normalized spacial score (nSPS) is 27.0. The predicted octanol–water partition coefficient (Wildman–Crippen LogP) is 2.80. The molecule has 0 aromatic heterocycles. The van der Waals surface area contributed by atoms with E-state index < -0.39 is 0 Å². The quantitative estimate of drug-likeness (QED) is 0.777. The van der Waals surface area contributed by atoms with Crippen LogP contribution in [0.5, 0.6) is 0 Å². The Morgan fingerprint density at radius 3 is 2.06 bits per heavy atom. The number of hydrogen-bond donors (Lipinski definition) is 1. The standard InChI is InChI=1S/C14H27NO/c1-3-15(4-2)14(10-5-6-11-14)13(16)12-8-7-9-12/h12-13,16H,3-11H2,1-2H3. The minimum Gasteiger partial charge on any atom is -0.391 e. The number of hydrogen-bond acceptors (Lipinski definition) is 2. The largest absolute Gasteiger partial charge is 0.391 e. The van der Waals surface area contributed by atoms with Crippen LogP contribution in [0.3, 0.4) is 0 Å². The van der Waals surface area contributed by atoms with Gasteiger partial charge < -0.3 is 5.11 Å². The summed E-state index contributed by atoms with van der Waals surface area (Å²) in [4.78, 5) is 2.53. The second-order valence-electron chi connectivity index (χ2n) is 5.62. The molecule has 94 valence electrons. The van der Waals surface area contributed by atoms with E-state index in [1.54, 1.807) is 0 Å². The first-order chi connectivity index (χ1) is 7.74. The van der Waals surface area contributed by atoms with E-state index in [4.69, 9.17) is 0 Å². The van der Waals surface area contributed by atoms with Crippen molar-refractivity contribution in [3.8, 4) is 0 Å². The van der Waals surface area contributed by atoms with Crippen LogP contribution in [0.2, 0.25) is 0 Å². The molecule has 1 N–H and O–H groups in total. The summed E-state index contributed by atoms with van der Waals surface area (Å²) < 4.78 is 0. The van der Waals surface area contributed by atoms with E-state index >= 15 is 0 Å². The van der Waals surface area contributed by atoms with Gasteiger partial charge >= 0.3 is 0 Å². The summed E-state index contributed by atoms with van der Waals surface area (Å²) in [7, 11) is 0. The molecule has 2 saturated carbocycles. The van der Waals surface area contributed by atoms with E-state index in [0.29, 0.717) is 5.92 Å². The molecule has 0 aromatic rings. The Hall–Kier alpha value is -0.0800. The van der Waals surface area contributed by atoms with Crippen molar-refractivity contribution in [2.24, 2.45) is 5.92 Å². The molecule has 2 rings (SSSR count). The van der Waals surface area contributed by atoms with Crippen molar-refractivity contribution in [1.29, 1.82) is 0 Å². The third kappa shape index (κ3) is 1.91. The van der Waals surface area contributed by atoms with Crippen LogP contribution in [0.1, 0.15) is 58.8 Å². The van der Waals surface area contributed by atoms with Crippen molar-refractivity contribution in [3.63, 3.8) is 0 Å². The molecule has 2 nitrogen and oxygen atoms in total. The molecule has 1 atom stereocenters. The molecule has 0 amide bonds. The highest BCUT2D eigenvalue weighted by Crippen LogP contribution is 2.44. The fourth-order valence-electron chi connectivity index (χ4n) is 3.83. The Balaban J connectivity index is 2.12. The lowest BCUT2D eigenvalue weighted by atomic mass is 9.72. The minimum absolute atomic E-state index is 0.0661. The number of rotatable bonds is 5. The summed E-state index contributed by atoms with van der Waals surface area (Å²) in [5.41, 5.74) is 0.134. The van der Waals surface area contributed by atoms with Crippen LogP contribution in [-0.4, -0.2) is 34.7 Å². The molecule has 0 aromatic carbocycles. The van der Waals surface area contributed by atoms with E-state index in [2.05, 4.69) is 18.7 Å². The lowest BCUT2D eigenvalue weighted by molar-refractivity contribution is -0.0738. The fraction of sp³-hybridized carbons (Fsp3) is 1.00. The average Bonchev–Trinajstić information content (AvgIpc) is 2.67. The molecular formula is C14H27NO. The smallest absolute Gasteiger partial charge is 0.0751 e. The molecule has 0 bridgehead atoms. The topological polar surface area (TPSA) is 23.5 Å². The van der Waals surface area contributed by atoms with E-state index in [9.17, 15) is 5.11 Å². The molecule has 16 heavy (non-hydrogen) atoms. The first kappa shape index (κ1) is 12.4. The Morgan fingerprint density at radius 1 is 1.12 bits per heavy atom. The van der Waals surface area contributed by atoms with Gasteiger partial charge in [-0.3, -0.25) is 4.90 Å². The van der Waals surface area contributed by atoms with Crippen molar-refractivity contribution >= 4 is 0 Å². The summed E-state index contributed by atoms with van der Waals surface area (Å²) in [5, 5.41) is 10.7. The molecule has 1 unspecified atom stereocenters. The van der Waals surface area contributed by atoms with Gasteiger partial charge in [-0.2, -0.15) is 0 Å². The highest BCUT2D eigenvalue weighted by Gasteiger charge is 2.48. The number of likely N-dealkylation sites (N-methyl/N-ethyl adjacent to an activating group) is 1. The van der Waals surface area contributed by atoms with Crippen LogP contribution < -0.4 is 0 Å². The summed E-state index contributed by atoms with van der Waals surface area (Å²) >= 11 is 0. The van der Waals surface area contributed by atoms with Crippen molar-refractivity contribution in [2.75, 3.05) is 13.1 Å². The monoisotopic (exact) mass is 225 g/mol. The first-order valence-electron chi connectivity index (χ1n) is 7.17. The van der Waals surface area contributed by atoms with Gasteiger partial charge in [0, 0.05) is 5.54 Å². The van der Waals surface area contributed by atoms with Gasteiger partial charge in [-0.15, -0.1) is 0 Å². The van der Waals surface area contributed by atoms with E-state index in [0.717, 1.165) is 13.1 Å². The van der Waals surface area contributed by atoms with Crippen LogP contribution in [0.15, 0.2) is 0 Å². The highest BCUT2D eigenvalue weighted by molar-refractivity contribution is 5.03. The maximum absolute atomic E-state index is 10.7. The third-order valence-corrected chi connectivity index (χ3v) is 5.01. The van der Waals surface area contributed by atoms with Gasteiger partial charge in [0.1, 0.15) is 0 Å². The second-order valence-corrected chi connectivity index (χ2v) is 5.62. The molecule has 2 fully saturated rings. The highest BCUT2D eigenvalue weighted by atomic mass is 16.3. The molecular weight excluding hydrogens is 198 g/mol. The van der Waals surface area contributed by atoms with Gasteiger partial charge in [0.15, 0.2) is 0 Å². The van der Waals surface area contributed by atoms with Gasteiger partial charge in [0.05, 0.1) is 6.10 Å². The van der Waals surface area contributed by atoms with Crippen LogP contribution >= 0.6 is 0 Å². The second kappa shape index (κ2) is 5.05. The van der Waals surface area contributed by atoms with Crippen molar-refractivity contribution in [3.05, 3.63) is 0 Å². The summed E-state index contributed by atoms with van der Waals surface area (Å²) in [6.07, 6.45) is 8.81. The first-order valence-corrected chi connectivity index (χ1v) is 7.17. The Morgan fingerprint density at radius 2 is 1.69 bits per heavy atom. The molecule has 2 heteroatoms. The molecule has 0 heterocycles. The summed E-state index contributed by atoms with van der Waals surface area (Å²) in [6.45, 7) is 6.63. The minimum atomic E-state index is -0.0661. The molecule has 2 aliphatic carbocycles. The molecule has 0 saturated heterocycles. The molecule has 0 aliphatic heterocycles.